The van der Waals surface area contributed by atoms with E-state index in [9.17, 15) is 19.5 Å². The molecule has 2 aliphatic rings. The van der Waals surface area contributed by atoms with Gasteiger partial charge in [-0.05, 0) is 44.9 Å². The van der Waals surface area contributed by atoms with Gasteiger partial charge in [0, 0.05) is 24.5 Å². The second-order valence-electron chi connectivity index (χ2n) is 7.40. The molecule has 2 rings (SSSR count). The molecule has 1 aliphatic carbocycles. The van der Waals surface area contributed by atoms with Gasteiger partial charge < -0.3 is 19.3 Å². The van der Waals surface area contributed by atoms with Gasteiger partial charge in [-0.3, -0.25) is 4.79 Å². The van der Waals surface area contributed by atoms with Crippen LogP contribution in [0.4, 0.5) is 0 Å². The quantitative estimate of drug-likeness (QED) is 0.334. The summed E-state index contributed by atoms with van der Waals surface area (Å²) in [4.78, 5) is 36.1. The molecular formula is C22H28O7. The lowest BCUT2D eigenvalue weighted by Gasteiger charge is -2.32. The zero-order valence-electron chi connectivity index (χ0n) is 17.4. The SMILES string of the molecule is C=C1C(=O)OC2/C=C(\C)C(OC(C)=O)C/C=C(\C)C(O)C(OC(=O)C(C)=CC)C12. The molecule has 0 spiro atoms. The van der Waals surface area contributed by atoms with Gasteiger partial charge in [0.2, 0.25) is 0 Å². The highest BCUT2D eigenvalue weighted by atomic mass is 16.6. The first-order chi connectivity index (χ1) is 13.6. The Bertz CT molecular complexity index is 802. The van der Waals surface area contributed by atoms with Gasteiger partial charge in [-0.2, -0.15) is 0 Å². The highest BCUT2D eigenvalue weighted by Crippen LogP contribution is 2.37. The first-order valence-electron chi connectivity index (χ1n) is 9.50. The van der Waals surface area contributed by atoms with E-state index in [0.29, 0.717) is 23.1 Å². The lowest BCUT2D eigenvalue weighted by molar-refractivity contribution is -0.153. The van der Waals surface area contributed by atoms with E-state index in [2.05, 4.69) is 6.58 Å². The van der Waals surface area contributed by atoms with Crippen molar-refractivity contribution in [2.24, 2.45) is 5.92 Å². The molecule has 5 atom stereocenters. The summed E-state index contributed by atoms with van der Waals surface area (Å²) < 4.78 is 16.4. The minimum Gasteiger partial charge on any atom is -0.458 e. The number of fused-ring (bicyclic) bond motifs is 1. The molecule has 7 heteroatoms. The number of carbonyl (C=O) groups excluding carboxylic acids is 3. The lowest BCUT2D eigenvalue weighted by Crippen LogP contribution is -2.43. The Morgan fingerprint density at radius 1 is 1.24 bits per heavy atom. The van der Waals surface area contributed by atoms with Crippen molar-refractivity contribution in [1.29, 1.82) is 0 Å². The standard InChI is InChI=1S/C22H28O7/c1-7-11(2)21(25)29-20-18-14(5)22(26)28-17(18)10-13(4)16(27-15(6)23)9-8-12(3)19(20)24/h7-8,10,16-20,24H,5,9H2,1-4,6H3/b11-7?,12-8+,13-10+. The fraction of sp³-hybridized carbons (Fsp3) is 0.500. The number of rotatable bonds is 3. The van der Waals surface area contributed by atoms with E-state index >= 15 is 0 Å². The van der Waals surface area contributed by atoms with E-state index < -0.39 is 48.2 Å². The van der Waals surface area contributed by atoms with Crippen LogP contribution in [-0.2, 0) is 28.6 Å². The summed E-state index contributed by atoms with van der Waals surface area (Å²) in [5.41, 5.74) is 1.71. The summed E-state index contributed by atoms with van der Waals surface area (Å²) in [6.45, 7) is 11.9. The number of aliphatic hydroxyl groups is 1. The molecule has 0 radical (unpaired) electrons. The number of esters is 3. The number of carbonyl (C=O) groups is 3. The Labute approximate surface area is 170 Å². The van der Waals surface area contributed by atoms with Crippen LogP contribution >= 0.6 is 0 Å². The Kier molecular flexibility index (Phi) is 7.19. The van der Waals surface area contributed by atoms with Crippen molar-refractivity contribution < 1.29 is 33.7 Å². The molecule has 1 aliphatic heterocycles. The van der Waals surface area contributed by atoms with Gasteiger partial charge >= 0.3 is 17.9 Å². The zero-order valence-corrected chi connectivity index (χ0v) is 17.4. The van der Waals surface area contributed by atoms with Crippen molar-refractivity contribution in [3.8, 4) is 0 Å². The maximum atomic E-state index is 12.4. The van der Waals surface area contributed by atoms with Crippen molar-refractivity contribution in [2.45, 2.75) is 65.5 Å². The van der Waals surface area contributed by atoms with Crippen molar-refractivity contribution in [3.05, 3.63) is 47.1 Å². The molecule has 0 aromatic carbocycles. The van der Waals surface area contributed by atoms with Gasteiger partial charge in [0.1, 0.15) is 24.4 Å². The molecule has 0 amide bonds. The second-order valence-corrected chi connectivity index (χ2v) is 7.40. The molecule has 1 N–H and O–H groups in total. The highest BCUT2D eigenvalue weighted by Gasteiger charge is 2.47. The molecule has 1 fully saturated rings. The molecule has 29 heavy (non-hydrogen) atoms. The third-order valence-corrected chi connectivity index (χ3v) is 5.29. The fourth-order valence-electron chi connectivity index (χ4n) is 3.36. The van der Waals surface area contributed by atoms with E-state index in [-0.39, 0.29) is 5.57 Å². The van der Waals surface area contributed by atoms with E-state index in [1.54, 1.807) is 45.9 Å². The third kappa shape index (κ3) is 5.03. The lowest BCUT2D eigenvalue weighted by atomic mass is 9.83. The van der Waals surface area contributed by atoms with Crippen molar-refractivity contribution >= 4 is 17.9 Å². The maximum Gasteiger partial charge on any atom is 0.334 e. The van der Waals surface area contributed by atoms with Crippen LogP contribution in [0.5, 0.6) is 0 Å². The second kappa shape index (κ2) is 9.22. The monoisotopic (exact) mass is 404 g/mol. The summed E-state index contributed by atoms with van der Waals surface area (Å²) in [6.07, 6.45) is 1.71. The summed E-state index contributed by atoms with van der Waals surface area (Å²) in [5.74, 6) is -2.43. The van der Waals surface area contributed by atoms with E-state index in [1.165, 1.54) is 6.92 Å². The van der Waals surface area contributed by atoms with Crippen LogP contribution in [0.25, 0.3) is 0 Å². The number of ether oxygens (including phenoxy) is 3. The summed E-state index contributed by atoms with van der Waals surface area (Å²) in [5, 5.41) is 10.9. The molecule has 1 saturated heterocycles. The Balaban J connectivity index is 2.52. The normalized spacial score (nSPS) is 34.1. The summed E-state index contributed by atoms with van der Waals surface area (Å²) in [7, 11) is 0. The number of aliphatic hydroxyl groups excluding tert-OH is 1. The van der Waals surface area contributed by atoms with E-state index in [4.69, 9.17) is 14.2 Å². The van der Waals surface area contributed by atoms with Crippen molar-refractivity contribution in [3.63, 3.8) is 0 Å². The molecule has 0 saturated carbocycles. The average molecular weight is 404 g/mol. The van der Waals surface area contributed by atoms with E-state index in [0.717, 1.165) is 0 Å². The average Bonchev–Trinajstić information content (AvgIpc) is 2.93. The Hall–Kier alpha value is -2.67. The van der Waals surface area contributed by atoms with Gasteiger partial charge in [-0.15, -0.1) is 0 Å². The van der Waals surface area contributed by atoms with Crippen molar-refractivity contribution in [2.75, 3.05) is 0 Å². The first kappa shape index (κ1) is 22.6. The van der Waals surface area contributed by atoms with Crippen molar-refractivity contribution in [1.82, 2.24) is 0 Å². The van der Waals surface area contributed by atoms with Crippen LogP contribution in [0.1, 0.15) is 41.0 Å². The minimum absolute atomic E-state index is 0.117. The summed E-state index contributed by atoms with van der Waals surface area (Å²) in [6, 6.07) is 0. The maximum absolute atomic E-state index is 12.4. The molecule has 0 aromatic heterocycles. The first-order valence-corrected chi connectivity index (χ1v) is 9.50. The predicted molar refractivity (Wildman–Crippen MR) is 106 cm³/mol. The summed E-state index contributed by atoms with van der Waals surface area (Å²) >= 11 is 0. The number of hydrogen-bond donors (Lipinski definition) is 1. The molecule has 158 valence electrons. The van der Waals surface area contributed by atoms with E-state index in [1.807, 2.05) is 0 Å². The van der Waals surface area contributed by atoms with Gasteiger partial charge in [0.05, 0.1) is 5.92 Å². The molecule has 0 bridgehead atoms. The topological polar surface area (TPSA) is 99.1 Å². The van der Waals surface area contributed by atoms with Gasteiger partial charge in [0.25, 0.3) is 0 Å². The van der Waals surface area contributed by atoms with Crippen LogP contribution in [0, 0.1) is 5.92 Å². The zero-order chi connectivity index (χ0) is 21.9. The Morgan fingerprint density at radius 3 is 2.48 bits per heavy atom. The molecule has 5 unspecified atom stereocenters. The van der Waals surface area contributed by atoms with Crippen LogP contribution in [0.15, 0.2) is 47.1 Å². The number of allylic oxidation sites excluding steroid dienone is 1. The molecule has 7 nitrogen and oxygen atoms in total. The van der Waals surface area contributed by atoms with Crippen LogP contribution in [-0.4, -0.2) is 47.4 Å². The highest BCUT2D eigenvalue weighted by molar-refractivity contribution is 5.92. The van der Waals surface area contributed by atoms with Gasteiger partial charge in [0.15, 0.2) is 0 Å². The van der Waals surface area contributed by atoms with Crippen LogP contribution in [0.2, 0.25) is 0 Å². The number of hydrogen-bond acceptors (Lipinski definition) is 7. The smallest absolute Gasteiger partial charge is 0.334 e. The Morgan fingerprint density at radius 2 is 1.90 bits per heavy atom. The van der Waals surface area contributed by atoms with Crippen LogP contribution in [0.3, 0.4) is 0 Å². The third-order valence-electron chi connectivity index (χ3n) is 5.29. The molecule has 0 aromatic rings. The largest absolute Gasteiger partial charge is 0.458 e. The van der Waals surface area contributed by atoms with Gasteiger partial charge in [-0.1, -0.05) is 18.7 Å². The van der Waals surface area contributed by atoms with Gasteiger partial charge in [-0.25, -0.2) is 9.59 Å². The molecular weight excluding hydrogens is 376 g/mol. The molecule has 1 heterocycles. The minimum atomic E-state index is -1.19. The predicted octanol–water partition coefficient (Wildman–Crippen LogP) is 2.55. The fourth-order valence-corrected chi connectivity index (χ4v) is 3.36. The van der Waals surface area contributed by atoms with Crippen LogP contribution < -0.4 is 0 Å².